The number of nitrogens with zero attached hydrogens (tertiary/aromatic N) is 2. The van der Waals surface area contributed by atoms with Crippen LogP contribution in [0.2, 0.25) is 5.02 Å². The van der Waals surface area contributed by atoms with Gasteiger partial charge in [-0.15, -0.1) is 0 Å². The first kappa shape index (κ1) is 25.9. The molecule has 4 atom stereocenters. The second-order valence-corrected chi connectivity index (χ2v) is 10.8. The van der Waals surface area contributed by atoms with E-state index in [0.29, 0.717) is 22.6 Å². The van der Waals surface area contributed by atoms with E-state index in [1.54, 1.807) is 25.3 Å². The summed E-state index contributed by atoms with van der Waals surface area (Å²) in [5.74, 6) is -4.69. The third-order valence-electron chi connectivity index (χ3n) is 8.36. The lowest BCUT2D eigenvalue weighted by atomic mass is 9.64. The van der Waals surface area contributed by atoms with Gasteiger partial charge < -0.3 is 9.47 Å². The predicted molar refractivity (Wildman–Crippen MR) is 154 cm³/mol. The van der Waals surface area contributed by atoms with Gasteiger partial charge in [0.25, 0.3) is 5.69 Å². The van der Waals surface area contributed by atoms with Gasteiger partial charge in [-0.25, -0.2) is 4.90 Å². The Kier molecular flexibility index (Phi) is 5.88. The zero-order valence-electron chi connectivity index (χ0n) is 22.0. The molecule has 2 heterocycles. The molecule has 9 nitrogen and oxygen atoms in total. The van der Waals surface area contributed by atoms with Crippen molar-refractivity contribution in [3.8, 4) is 11.5 Å². The van der Waals surface area contributed by atoms with Gasteiger partial charge in [0.2, 0.25) is 11.8 Å². The number of non-ortho nitro benzene ring substituents is 1. The molecule has 4 aromatic rings. The van der Waals surface area contributed by atoms with E-state index in [1.165, 1.54) is 12.1 Å². The molecule has 7 rings (SSSR count). The molecule has 2 aliphatic heterocycles. The van der Waals surface area contributed by atoms with Crippen molar-refractivity contribution in [1.29, 1.82) is 0 Å². The normalized spacial score (nSPS) is 22.7. The minimum Gasteiger partial charge on any atom is -0.497 e. The molecule has 0 radical (unpaired) electrons. The van der Waals surface area contributed by atoms with E-state index in [4.69, 9.17) is 21.1 Å². The third-order valence-corrected chi connectivity index (χ3v) is 8.68. The summed E-state index contributed by atoms with van der Waals surface area (Å²) in [4.78, 5) is 53.9. The van der Waals surface area contributed by atoms with E-state index < -0.39 is 46.4 Å². The fraction of sp³-hybridized carbons (Fsp3) is 0.156. The van der Waals surface area contributed by atoms with Gasteiger partial charge in [0.15, 0.2) is 0 Å². The number of rotatable bonds is 4. The molecule has 0 bridgehead atoms. The molecular formula is C32H21ClN2O7. The van der Waals surface area contributed by atoms with Crippen molar-refractivity contribution in [2.45, 2.75) is 5.92 Å². The van der Waals surface area contributed by atoms with Crippen LogP contribution >= 0.6 is 11.6 Å². The molecule has 0 saturated carbocycles. The van der Waals surface area contributed by atoms with Gasteiger partial charge in [-0.2, -0.15) is 0 Å². The molecule has 3 aliphatic rings. The van der Waals surface area contributed by atoms with Crippen LogP contribution in [0.1, 0.15) is 17.0 Å². The molecule has 208 valence electrons. The van der Waals surface area contributed by atoms with Crippen LogP contribution in [-0.4, -0.2) is 29.8 Å². The first-order valence-electron chi connectivity index (χ1n) is 13.2. The number of hydrogen-bond acceptors (Lipinski definition) is 7. The highest BCUT2D eigenvalue weighted by molar-refractivity contribution is 6.36. The Balaban J connectivity index is 1.46. The molecule has 0 aromatic heterocycles. The standard InChI is InChI=1S/C32H21ClN2O7/c1-41-19-10-6-17(7-11-19)21-15-22-26-20-5-3-2-4-16(20)8-13-25(26)42-32(38)28(22)29-27(21)30(36)34(31(29)37)24-14-18(35(39)40)9-12-23(24)33/h2-15,21,27-29H,1H3/t21-,27-,28-,29-/m0/s1. The molecule has 1 fully saturated rings. The number of hydrogen-bond donors (Lipinski definition) is 0. The summed E-state index contributed by atoms with van der Waals surface area (Å²) in [6.07, 6.45) is 1.89. The third kappa shape index (κ3) is 3.74. The minimum absolute atomic E-state index is 0.00214. The summed E-state index contributed by atoms with van der Waals surface area (Å²) in [5.41, 5.74) is 1.62. The average molecular weight is 581 g/mol. The van der Waals surface area contributed by atoms with Crippen molar-refractivity contribution in [3.63, 3.8) is 0 Å². The largest absolute Gasteiger partial charge is 0.497 e. The van der Waals surface area contributed by atoms with Crippen LogP contribution in [0.5, 0.6) is 11.5 Å². The Labute approximate surface area is 244 Å². The second-order valence-electron chi connectivity index (χ2n) is 10.4. The Morgan fingerprint density at radius 2 is 1.67 bits per heavy atom. The van der Waals surface area contributed by atoms with Crippen LogP contribution in [0.4, 0.5) is 11.4 Å². The number of nitro groups is 1. The number of anilines is 1. The molecular weight excluding hydrogens is 560 g/mol. The van der Waals surface area contributed by atoms with Gasteiger partial charge >= 0.3 is 5.97 Å². The lowest BCUT2D eigenvalue weighted by molar-refractivity contribution is -0.384. The number of halogens is 1. The monoisotopic (exact) mass is 580 g/mol. The Bertz CT molecular complexity index is 1880. The van der Waals surface area contributed by atoms with Crippen LogP contribution < -0.4 is 14.4 Å². The number of ether oxygens (including phenoxy) is 2. The smallest absolute Gasteiger partial charge is 0.319 e. The molecule has 2 amide bonds. The number of carbonyl (C=O) groups excluding carboxylic acids is 3. The van der Waals surface area contributed by atoms with Gasteiger partial charge in [0.05, 0.1) is 40.5 Å². The first-order chi connectivity index (χ1) is 20.3. The van der Waals surface area contributed by atoms with Gasteiger partial charge in [-0.3, -0.25) is 24.5 Å². The SMILES string of the molecule is COc1ccc([C@@H]2C=C3c4c(ccc5ccccc45)OC(=O)[C@@H]3[C@H]3C(=O)N(c4cc([N+](=O)[O-])ccc4Cl)C(=O)[C@H]32)cc1. The van der Waals surface area contributed by atoms with Crippen molar-refractivity contribution < 1.29 is 28.8 Å². The van der Waals surface area contributed by atoms with Crippen LogP contribution in [-0.2, 0) is 14.4 Å². The molecule has 0 unspecified atom stereocenters. The summed E-state index contributed by atoms with van der Waals surface area (Å²) in [6, 6.07) is 22.0. The Hall–Kier alpha value is -5.02. The van der Waals surface area contributed by atoms with Crippen molar-refractivity contribution in [1.82, 2.24) is 0 Å². The first-order valence-corrected chi connectivity index (χ1v) is 13.6. The number of amides is 2. The number of fused-ring (bicyclic) bond motifs is 7. The number of carbonyl (C=O) groups is 3. The lowest BCUT2D eigenvalue weighted by Crippen LogP contribution is -2.42. The van der Waals surface area contributed by atoms with Gasteiger partial charge in [0.1, 0.15) is 11.5 Å². The van der Waals surface area contributed by atoms with E-state index in [0.717, 1.165) is 27.3 Å². The van der Waals surface area contributed by atoms with E-state index >= 15 is 0 Å². The summed E-state index contributed by atoms with van der Waals surface area (Å²) in [7, 11) is 1.55. The summed E-state index contributed by atoms with van der Waals surface area (Å²) < 4.78 is 11.1. The maximum Gasteiger partial charge on any atom is 0.319 e. The maximum atomic E-state index is 14.3. The zero-order chi connectivity index (χ0) is 29.3. The highest BCUT2D eigenvalue weighted by Crippen LogP contribution is 2.56. The highest BCUT2D eigenvalue weighted by atomic mass is 35.5. The summed E-state index contributed by atoms with van der Waals surface area (Å²) >= 11 is 6.41. The molecule has 1 aliphatic carbocycles. The molecule has 0 N–H and O–H groups in total. The minimum atomic E-state index is -1.13. The van der Waals surface area contributed by atoms with Crippen molar-refractivity contribution >= 4 is 57.1 Å². The number of allylic oxidation sites excluding steroid dienone is 1. The molecule has 42 heavy (non-hydrogen) atoms. The number of methoxy groups -OCH3 is 1. The van der Waals surface area contributed by atoms with Crippen LogP contribution in [0.3, 0.4) is 0 Å². The fourth-order valence-corrected chi connectivity index (χ4v) is 6.71. The zero-order valence-corrected chi connectivity index (χ0v) is 22.8. The molecule has 4 aromatic carbocycles. The van der Waals surface area contributed by atoms with Crippen molar-refractivity contribution in [2.24, 2.45) is 17.8 Å². The number of esters is 1. The van der Waals surface area contributed by atoms with Crippen LogP contribution in [0.15, 0.2) is 84.9 Å². The summed E-state index contributed by atoms with van der Waals surface area (Å²) in [6.45, 7) is 0. The Morgan fingerprint density at radius 3 is 2.40 bits per heavy atom. The molecule has 10 heteroatoms. The maximum absolute atomic E-state index is 14.3. The molecule has 0 spiro atoms. The lowest BCUT2D eigenvalue weighted by Gasteiger charge is -2.38. The van der Waals surface area contributed by atoms with Gasteiger partial charge in [-0.1, -0.05) is 60.1 Å². The van der Waals surface area contributed by atoms with Crippen molar-refractivity contribution in [3.05, 3.63) is 111 Å². The predicted octanol–water partition coefficient (Wildman–Crippen LogP) is 5.93. The number of benzene rings is 4. The average Bonchev–Trinajstić information content (AvgIpc) is 3.26. The fourth-order valence-electron chi connectivity index (χ4n) is 6.51. The van der Waals surface area contributed by atoms with Crippen LogP contribution in [0.25, 0.3) is 16.3 Å². The Morgan fingerprint density at radius 1 is 0.929 bits per heavy atom. The second kappa shape index (κ2) is 9.53. The van der Waals surface area contributed by atoms with E-state index in [-0.39, 0.29) is 16.4 Å². The van der Waals surface area contributed by atoms with E-state index in [9.17, 15) is 24.5 Å². The topological polar surface area (TPSA) is 116 Å². The van der Waals surface area contributed by atoms with Gasteiger partial charge in [0, 0.05) is 23.6 Å². The van der Waals surface area contributed by atoms with E-state index in [1.807, 2.05) is 48.5 Å². The van der Waals surface area contributed by atoms with Crippen molar-refractivity contribution in [2.75, 3.05) is 12.0 Å². The molecule has 1 saturated heterocycles. The van der Waals surface area contributed by atoms with Crippen LogP contribution in [0, 0.1) is 27.9 Å². The quantitative estimate of drug-likeness (QED) is 0.0965. The number of nitro benzene ring substituents is 1. The van der Waals surface area contributed by atoms with E-state index in [2.05, 4.69) is 0 Å². The highest BCUT2D eigenvalue weighted by Gasteiger charge is 2.60. The number of imide groups is 1. The summed E-state index contributed by atoms with van der Waals surface area (Å²) in [5, 5.41) is 13.3. The van der Waals surface area contributed by atoms with Gasteiger partial charge in [-0.05, 0) is 46.2 Å².